The van der Waals surface area contributed by atoms with Gasteiger partial charge in [0.25, 0.3) is 0 Å². The Bertz CT molecular complexity index is 1120. The second-order valence-electron chi connectivity index (χ2n) is 10.6. The van der Waals surface area contributed by atoms with Crippen LogP contribution in [0.4, 0.5) is 26.6 Å². The van der Waals surface area contributed by atoms with Crippen LogP contribution < -0.4 is 24.6 Å². The zero-order chi connectivity index (χ0) is 27.4. The lowest BCUT2D eigenvalue weighted by Gasteiger charge is -2.36. The van der Waals surface area contributed by atoms with Crippen molar-refractivity contribution in [3.05, 3.63) is 29.7 Å². The molecule has 1 saturated carbocycles. The van der Waals surface area contributed by atoms with Crippen LogP contribution in [0.15, 0.2) is 18.3 Å². The topological polar surface area (TPSA) is 83.1 Å². The molecule has 208 valence electrons. The smallest absolute Gasteiger partial charge is 0.330 e. The highest BCUT2D eigenvalue weighted by molar-refractivity contribution is 6.06. The van der Waals surface area contributed by atoms with Crippen molar-refractivity contribution in [1.29, 1.82) is 0 Å². The summed E-state index contributed by atoms with van der Waals surface area (Å²) in [7, 11) is 2.88. The Balaban J connectivity index is 1.44. The summed E-state index contributed by atoms with van der Waals surface area (Å²) in [5, 5.41) is 3.32. The van der Waals surface area contributed by atoms with Crippen molar-refractivity contribution < 1.29 is 18.7 Å². The fraction of sp³-hybridized carbons (Fsp3) is 0.607. The minimum Gasteiger partial charge on any atom is -0.497 e. The number of ether oxygens (including phenoxy) is 2. The lowest BCUT2D eigenvalue weighted by Crippen LogP contribution is -2.49. The van der Waals surface area contributed by atoms with Gasteiger partial charge in [0.2, 0.25) is 5.95 Å². The molecule has 1 aliphatic heterocycles. The molecular weight excluding hydrogens is 487 g/mol. The molecule has 1 fully saturated rings. The highest BCUT2D eigenvalue weighted by atomic mass is 19.1. The van der Waals surface area contributed by atoms with Crippen molar-refractivity contribution in [2.45, 2.75) is 84.5 Å². The molecule has 1 aromatic carbocycles. The second kappa shape index (κ2) is 12.1. The Labute approximate surface area is 225 Å². The number of carbonyl (C=O) groups is 1. The van der Waals surface area contributed by atoms with Gasteiger partial charge >= 0.3 is 6.03 Å². The third-order valence-corrected chi connectivity index (χ3v) is 7.19. The van der Waals surface area contributed by atoms with Gasteiger partial charge in [-0.15, -0.1) is 0 Å². The number of hydrogen-bond donors (Lipinski definition) is 1. The van der Waals surface area contributed by atoms with Crippen LogP contribution in [0, 0.1) is 5.82 Å². The van der Waals surface area contributed by atoms with Crippen LogP contribution in [-0.4, -0.2) is 66.3 Å². The number of fused-ring (bicyclic) bond motifs is 1. The minimum absolute atomic E-state index is 0.0211. The Hall–Kier alpha value is -3.14. The van der Waals surface area contributed by atoms with Crippen LogP contribution in [0.25, 0.3) is 0 Å². The SMILES string of the molecule is COc1cc(OC)c(F)c(N2Cc3cnc(NCCCCCN(C(C)C)C(C)C)nc3N(C3CC3)C2=O)c1. The predicted molar refractivity (Wildman–Crippen MR) is 148 cm³/mol. The number of amides is 2. The predicted octanol–water partition coefficient (Wildman–Crippen LogP) is 5.44. The third kappa shape index (κ3) is 6.11. The van der Waals surface area contributed by atoms with Crippen LogP contribution in [0.5, 0.6) is 11.5 Å². The summed E-state index contributed by atoms with van der Waals surface area (Å²) in [5.74, 6) is 0.937. The molecule has 1 aliphatic carbocycles. The Kier molecular flexibility index (Phi) is 8.91. The monoisotopic (exact) mass is 528 g/mol. The summed E-state index contributed by atoms with van der Waals surface area (Å²) in [5.41, 5.74) is 0.879. The number of methoxy groups -OCH3 is 2. The molecule has 0 bridgehead atoms. The van der Waals surface area contributed by atoms with E-state index in [4.69, 9.17) is 14.5 Å². The number of carbonyl (C=O) groups excluding carboxylic acids is 1. The maximum atomic E-state index is 15.2. The van der Waals surface area contributed by atoms with Crippen molar-refractivity contribution >= 4 is 23.5 Å². The molecule has 9 nitrogen and oxygen atoms in total. The van der Waals surface area contributed by atoms with E-state index in [-0.39, 0.29) is 30.1 Å². The number of halogens is 1. The van der Waals surface area contributed by atoms with Gasteiger partial charge in [-0.05, 0) is 59.9 Å². The summed E-state index contributed by atoms with van der Waals surface area (Å²) in [6, 6.07) is 3.82. The van der Waals surface area contributed by atoms with Crippen LogP contribution in [-0.2, 0) is 6.54 Å². The molecule has 1 N–H and O–H groups in total. The number of urea groups is 1. The third-order valence-electron chi connectivity index (χ3n) is 7.19. The maximum absolute atomic E-state index is 15.2. The van der Waals surface area contributed by atoms with Crippen molar-refractivity contribution in [2.75, 3.05) is 42.4 Å². The second-order valence-corrected chi connectivity index (χ2v) is 10.6. The Morgan fingerprint density at radius 2 is 1.84 bits per heavy atom. The molecule has 2 heterocycles. The lowest BCUT2D eigenvalue weighted by atomic mass is 10.1. The van der Waals surface area contributed by atoms with E-state index in [9.17, 15) is 4.79 Å². The highest BCUT2D eigenvalue weighted by Gasteiger charge is 2.43. The van der Waals surface area contributed by atoms with E-state index in [2.05, 4.69) is 42.9 Å². The summed E-state index contributed by atoms with van der Waals surface area (Å²) >= 11 is 0. The molecule has 1 aromatic heterocycles. The van der Waals surface area contributed by atoms with Gasteiger partial charge < -0.3 is 14.8 Å². The van der Waals surface area contributed by atoms with Crippen molar-refractivity contribution in [3.8, 4) is 11.5 Å². The van der Waals surface area contributed by atoms with E-state index in [0.717, 1.165) is 50.8 Å². The number of nitrogens with zero attached hydrogens (tertiary/aromatic N) is 5. The molecule has 38 heavy (non-hydrogen) atoms. The largest absolute Gasteiger partial charge is 0.497 e. The molecule has 0 saturated heterocycles. The lowest BCUT2D eigenvalue weighted by molar-refractivity contribution is 0.171. The molecule has 0 radical (unpaired) electrons. The van der Waals surface area contributed by atoms with Gasteiger partial charge in [-0.1, -0.05) is 6.42 Å². The van der Waals surface area contributed by atoms with E-state index >= 15 is 4.39 Å². The van der Waals surface area contributed by atoms with Crippen molar-refractivity contribution in [1.82, 2.24) is 14.9 Å². The molecule has 2 aromatic rings. The first-order valence-electron chi connectivity index (χ1n) is 13.6. The first kappa shape index (κ1) is 27.9. The average molecular weight is 529 g/mol. The normalized spacial score (nSPS) is 15.5. The molecule has 0 atom stereocenters. The van der Waals surface area contributed by atoms with Gasteiger partial charge in [-0.3, -0.25) is 14.7 Å². The minimum atomic E-state index is -0.607. The van der Waals surface area contributed by atoms with Crippen LogP contribution in [0.1, 0.15) is 65.4 Å². The van der Waals surface area contributed by atoms with E-state index in [1.807, 2.05) is 0 Å². The molecule has 0 spiro atoms. The number of unbranched alkanes of at least 4 members (excludes halogenated alkanes) is 2. The summed E-state index contributed by atoms with van der Waals surface area (Å²) in [6.45, 7) is 11.0. The number of anilines is 3. The van der Waals surface area contributed by atoms with Gasteiger partial charge in [0, 0.05) is 48.6 Å². The molecule has 10 heteroatoms. The molecule has 2 aliphatic rings. The van der Waals surface area contributed by atoms with Crippen molar-refractivity contribution in [2.24, 2.45) is 0 Å². The van der Waals surface area contributed by atoms with Crippen molar-refractivity contribution in [3.63, 3.8) is 0 Å². The average Bonchev–Trinajstić information content (AvgIpc) is 3.72. The zero-order valence-corrected chi connectivity index (χ0v) is 23.5. The molecule has 4 rings (SSSR count). The maximum Gasteiger partial charge on any atom is 0.330 e. The van der Waals surface area contributed by atoms with E-state index in [1.165, 1.54) is 31.3 Å². The Morgan fingerprint density at radius 1 is 1.11 bits per heavy atom. The van der Waals surface area contributed by atoms with Gasteiger partial charge in [-0.25, -0.2) is 14.2 Å². The number of rotatable bonds is 13. The highest BCUT2D eigenvalue weighted by Crippen LogP contribution is 2.41. The summed E-state index contributed by atoms with van der Waals surface area (Å²) < 4.78 is 25.7. The molecule has 0 unspecified atom stereocenters. The zero-order valence-electron chi connectivity index (χ0n) is 23.5. The molecule has 2 amide bonds. The van der Waals surface area contributed by atoms with Gasteiger partial charge in [0.1, 0.15) is 11.6 Å². The summed E-state index contributed by atoms with van der Waals surface area (Å²) in [6.07, 6.45) is 6.79. The fourth-order valence-corrected chi connectivity index (χ4v) is 5.04. The van der Waals surface area contributed by atoms with Gasteiger partial charge in [0.05, 0.1) is 26.5 Å². The van der Waals surface area contributed by atoms with Crippen LogP contribution in [0.2, 0.25) is 0 Å². The standard InChI is InChI=1S/C28H41FN6O3/c1-18(2)33(19(3)4)13-9-7-8-12-30-27-31-16-20-17-34(28(36)35(21-10-11-21)26(20)32-27)23-14-22(37-5)15-24(38-6)25(23)29/h14-16,18-19,21H,7-13,17H2,1-6H3,(H,30,31,32). The number of benzene rings is 1. The quantitative estimate of drug-likeness (QED) is 0.347. The fourth-order valence-electron chi connectivity index (χ4n) is 5.04. The van der Waals surface area contributed by atoms with E-state index in [1.54, 1.807) is 11.1 Å². The first-order chi connectivity index (χ1) is 18.2. The molecular formula is C28H41FN6O3. The first-order valence-corrected chi connectivity index (χ1v) is 13.6. The summed E-state index contributed by atoms with van der Waals surface area (Å²) in [4.78, 5) is 28.5. The number of aromatic nitrogens is 2. The Morgan fingerprint density at radius 3 is 2.47 bits per heavy atom. The number of nitrogens with one attached hydrogen (secondary N) is 1. The van der Waals surface area contributed by atoms with Crippen LogP contribution >= 0.6 is 0 Å². The van der Waals surface area contributed by atoms with E-state index in [0.29, 0.717) is 29.6 Å². The van der Waals surface area contributed by atoms with Crippen LogP contribution in [0.3, 0.4) is 0 Å². The van der Waals surface area contributed by atoms with Gasteiger partial charge in [0.15, 0.2) is 11.6 Å². The number of hydrogen-bond acceptors (Lipinski definition) is 7. The van der Waals surface area contributed by atoms with E-state index < -0.39 is 5.82 Å². The van der Waals surface area contributed by atoms with Gasteiger partial charge in [-0.2, -0.15) is 4.98 Å².